The first-order chi connectivity index (χ1) is 16.4. The maximum absolute atomic E-state index is 13.8. The molecule has 9 heteroatoms. The van der Waals surface area contributed by atoms with E-state index in [0.29, 0.717) is 22.2 Å². The topological polar surface area (TPSA) is 132 Å². The highest BCUT2D eigenvalue weighted by atomic mass is 32.1. The third kappa shape index (κ3) is 6.64. The molecule has 178 valence electrons. The quantitative estimate of drug-likeness (QED) is 0.223. The molecular formula is C25H29N5O3S. The number of hydrogen-bond donors (Lipinski definition) is 4. The molecule has 1 heterocycles. The molecule has 0 fully saturated rings. The van der Waals surface area contributed by atoms with Crippen LogP contribution in [0.3, 0.4) is 0 Å². The molecule has 1 atom stereocenters. The summed E-state index contributed by atoms with van der Waals surface area (Å²) in [4.78, 5) is 31.6. The van der Waals surface area contributed by atoms with E-state index >= 15 is 0 Å². The number of para-hydroxylation sites is 1. The van der Waals surface area contributed by atoms with Gasteiger partial charge in [-0.2, -0.15) is 0 Å². The first-order valence-electron chi connectivity index (χ1n) is 11.1. The number of benzene rings is 2. The van der Waals surface area contributed by atoms with Crippen LogP contribution >= 0.6 is 11.3 Å². The number of aromatic nitrogens is 1. The Morgan fingerprint density at radius 1 is 1.12 bits per heavy atom. The molecule has 0 bridgehead atoms. The molecule has 0 aliphatic rings. The molecule has 0 aliphatic carbocycles. The van der Waals surface area contributed by atoms with Gasteiger partial charge in [-0.3, -0.25) is 19.9 Å². The zero-order valence-electron chi connectivity index (χ0n) is 19.0. The molecule has 5 N–H and O–H groups in total. The second kappa shape index (κ2) is 11.9. The van der Waals surface area contributed by atoms with Gasteiger partial charge in [0.1, 0.15) is 5.00 Å². The van der Waals surface area contributed by atoms with Gasteiger partial charge in [0.05, 0.1) is 12.1 Å². The standard InChI is InChI=1S/C25H29N5O3S/c1-2-3-14-20-23(34-25(28-20)29-24(26)27)30(19-12-8-5-9-13-19)21(31)15-18(16-22(32)33)17-10-6-4-7-11-17/h4-13,18H,2-3,14-16H2,1H3,(H,32,33)(H4,26,27,28,29). The summed E-state index contributed by atoms with van der Waals surface area (Å²) >= 11 is 1.25. The first kappa shape index (κ1) is 24.9. The lowest BCUT2D eigenvalue weighted by Gasteiger charge is -2.25. The van der Waals surface area contributed by atoms with E-state index in [1.165, 1.54) is 11.3 Å². The highest BCUT2D eigenvalue weighted by molar-refractivity contribution is 7.20. The number of guanidine groups is 1. The van der Waals surface area contributed by atoms with E-state index in [-0.39, 0.29) is 24.7 Å². The molecule has 8 nitrogen and oxygen atoms in total. The van der Waals surface area contributed by atoms with Gasteiger partial charge in [-0.25, -0.2) is 4.98 Å². The Hall–Kier alpha value is -3.72. The Bertz CT molecular complexity index is 1120. The van der Waals surface area contributed by atoms with Crippen molar-refractivity contribution in [3.8, 4) is 0 Å². The fraction of sp³-hybridized carbons (Fsp3) is 0.280. The Kier molecular flexibility index (Phi) is 8.75. The molecule has 1 aromatic heterocycles. The third-order valence-corrected chi connectivity index (χ3v) is 6.26. The van der Waals surface area contributed by atoms with Gasteiger partial charge in [0.25, 0.3) is 0 Å². The summed E-state index contributed by atoms with van der Waals surface area (Å²) < 4.78 is 0. The maximum atomic E-state index is 13.8. The van der Waals surface area contributed by atoms with Crippen molar-refractivity contribution in [2.45, 2.75) is 44.9 Å². The Balaban J connectivity index is 2.03. The van der Waals surface area contributed by atoms with Crippen LogP contribution < -0.4 is 16.0 Å². The number of carbonyl (C=O) groups is 2. The molecule has 34 heavy (non-hydrogen) atoms. The Morgan fingerprint density at radius 3 is 2.35 bits per heavy atom. The van der Waals surface area contributed by atoms with Crippen LogP contribution in [0.15, 0.2) is 60.7 Å². The summed E-state index contributed by atoms with van der Waals surface area (Å²) in [6.07, 6.45) is 2.38. The smallest absolute Gasteiger partial charge is 0.303 e. The summed E-state index contributed by atoms with van der Waals surface area (Å²) in [5, 5.41) is 20.9. The predicted molar refractivity (Wildman–Crippen MR) is 136 cm³/mol. The zero-order valence-corrected chi connectivity index (χ0v) is 19.8. The molecule has 1 unspecified atom stereocenters. The van der Waals surface area contributed by atoms with Crippen LogP contribution in [0.25, 0.3) is 0 Å². The number of carboxylic acids is 1. The SMILES string of the molecule is CCCCc1nc(NC(=N)N)sc1N(C(=O)CC(CC(=O)O)c1ccccc1)c1ccccc1. The summed E-state index contributed by atoms with van der Waals surface area (Å²) in [7, 11) is 0. The number of rotatable bonds is 11. The largest absolute Gasteiger partial charge is 0.481 e. The van der Waals surface area contributed by atoms with Gasteiger partial charge in [0.15, 0.2) is 11.1 Å². The number of carbonyl (C=O) groups excluding carboxylic acids is 1. The van der Waals surface area contributed by atoms with Gasteiger partial charge in [-0.05, 0) is 30.5 Å². The number of aliphatic carboxylic acids is 1. The second-order valence-electron chi connectivity index (χ2n) is 7.89. The van der Waals surface area contributed by atoms with Gasteiger partial charge in [-0.15, -0.1) is 0 Å². The molecule has 1 amide bonds. The third-order valence-electron chi connectivity index (χ3n) is 5.27. The number of amides is 1. The van der Waals surface area contributed by atoms with Crippen LogP contribution in [-0.4, -0.2) is 27.9 Å². The van der Waals surface area contributed by atoms with Crippen molar-refractivity contribution in [1.29, 1.82) is 5.41 Å². The van der Waals surface area contributed by atoms with Gasteiger partial charge in [0, 0.05) is 18.0 Å². The molecule has 3 aromatic rings. The van der Waals surface area contributed by atoms with Crippen LogP contribution in [0.2, 0.25) is 0 Å². The number of aryl methyl sites for hydroxylation is 1. The minimum Gasteiger partial charge on any atom is -0.481 e. The van der Waals surface area contributed by atoms with Crippen LogP contribution in [0.4, 0.5) is 15.8 Å². The number of carboxylic acid groups (broad SMARTS) is 1. The average Bonchev–Trinajstić information content (AvgIpc) is 3.19. The van der Waals surface area contributed by atoms with Gasteiger partial charge in [-0.1, -0.05) is 73.2 Å². The van der Waals surface area contributed by atoms with Crippen molar-refractivity contribution in [3.05, 3.63) is 71.9 Å². The molecule has 3 rings (SSSR count). The van der Waals surface area contributed by atoms with Gasteiger partial charge >= 0.3 is 5.97 Å². The molecule has 0 spiro atoms. The van der Waals surface area contributed by atoms with Crippen molar-refractivity contribution in [1.82, 2.24) is 4.98 Å². The van der Waals surface area contributed by atoms with Gasteiger partial charge < -0.3 is 16.2 Å². The van der Waals surface area contributed by atoms with Crippen molar-refractivity contribution in [2.24, 2.45) is 5.73 Å². The maximum Gasteiger partial charge on any atom is 0.303 e. The minimum atomic E-state index is -0.956. The number of nitrogens with two attached hydrogens (primary N) is 1. The minimum absolute atomic E-state index is 0.0196. The summed E-state index contributed by atoms with van der Waals surface area (Å²) in [5.41, 5.74) is 7.73. The van der Waals surface area contributed by atoms with E-state index in [0.717, 1.165) is 24.1 Å². The molecule has 0 saturated carbocycles. The summed E-state index contributed by atoms with van der Waals surface area (Å²) in [5.74, 6) is -1.89. The number of unbranched alkanes of at least 4 members (excludes halogenated alkanes) is 1. The number of anilines is 3. The van der Waals surface area contributed by atoms with Crippen molar-refractivity contribution >= 4 is 45.0 Å². The molecule has 2 aromatic carbocycles. The van der Waals surface area contributed by atoms with Crippen LogP contribution in [0, 0.1) is 5.41 Å². The predicted octanol–water partition coefficient (Wildman–Crippen LogP) is 5.10. The van der Waals surface area contributed by atoms with Crippen LogP contribution in [-0.2, 0) is 16.0 Å². The lowest BCUT2D eigenvalue weighted by Crippen LogP contribution is -2.28. The van der Waals surface area contributed by atoms with Crippen LogP contribution in [0.5, 0.6) is 0 Å². The number of nitrogens with one attached hydrogen (secondary N) is 2. The average molecular weight is 480 g/mol. The van der Waals surface area contributed by atoms with Crippen molar-refractivity contribution < 1.29 is 14.7 Å². The first-order valence-corrected chi connectivity index (χ1v) is 12.0. The van der Waals surface area contributed by atoms with E-state index in [1.807, 2.05) is 60.7 Å². The Labute approximate surface area is 203 Å². The normalized spacial score (nSPS) is 11.6. The molecule has 0 saturated heterocycles. The molecule has 0 aliphatic heterocycles. The van der Waals surface area contributed by atoms with Crippen molar-refractivity contribution in [2.75, 3.05) is 10.2 Å². The fourth-order valence-corrected chi connectivity index (χ4v) is 4.76. The number of nitrogens with zero attached hydrogens (tertiary/aromatic N) is 2. The lowest BCUT2D eigenvalue weighted by molar-refractivity contribution is -0.137. The van der Waals surface area contributed by atoms with E-state index < -0.39 is 11.9 Å². The summed E-state index contributed by atoms with van der Waals surface area (Å²) in [6.45, 7) is 2.08. The van der Waals surface area contributed by atoms with Gasteiger partial charge in [0.2, 0.25) is 5.91 Å². The fourth-order valence-electron chi connectivity index (χ4n) is 3.69. The highest BCUT2D eigenvalue weighted by Gasteiger charge is 2.28. The van der Waals surface area contributed by atoms with E-state index in [9.17, 15) is 14.7 Å². The lowest BCUT2D eigenvalue weighted by atomic mass is 9.92. The number of thiazole rings is 1. The van der Waals surface area contributed by atoms with Crippen LogP contribution in [0.1, 0.15) is 49.8 Å². The second-order valence-corrected chi connectivity index (χ2v) is 8.86. The Morgan fingerprint density at radius 2 is 1.76 bits per heavy atom. The van der Waals surface area contributed by atoms with E-state index in [4.69, 9.17) is 11.1 Å². The number of hydrogen-bond acceptors (Lipinski definition) is 5. The summed E-state index contributed by atoms with van der Waals surface area (Å²) in [6, 6.07) is 18.5. The highest BCUT2D eigenvalue weighted by Crippen LogP contribution is 2.39. The molecular weight excluding hydrogens is 450 g/mol. The van der Waals surface area contributed by atoms with Crippen molar-refractivity contribution in [3.63, 3.8) is 0 Å². The molecule has 0 radical (unpaired) electrons. The monoisotopic (exact) mass is 479 g/mol. The zero-order chi connectivity index (χ0) is 24.5. The van der Waals surface area contributed by atoms with E-state index in [1.54, 1.807) is 4.90 Å². The van der Waals surface area contributed by atoms with E-state index in [2.05, 4.69) is 17.2 Å².